The molecule has 0 aromatic heterocycles. The highest BCUT2D eigenvalue weighted by atomic mass is 79.9. The first-order valence-electron chi connectivity index (χ1n) is 7.24. The molecular formula is C18H19BrN2O2. The topological polar surface area (TPSA) is 50.7 Å². The van der Waals surface area contributed by atoms with Gasteiger partial charge in [0.15, 0.2) is 6.61 Å². The Morgan fingerprint density at radius 2 is 1.96 bits per heavy atom. The van der Waals surface area contributed by atoms with Gasteiger partial charge in [0.05, 0.1) is 6.21 Å². The minimum absolute atomic E-state index is 0.0781. The van der Waals surface area contributed by atoms with E-state index in [1.807, 2.05) is 51.1 Å². The molecule has 0 aliphatic heterocycles. The molecule has 1 amide bonds. The van der Waals surface area contributed by atoms with Crippen LogP contribution >= 0.6 is 15.9 Å². The van der Waals surface area contributed by atoms with E-state index in [1.54, 1.807) is 6.21 Å². The Labute approximate surface area is 144 Å². The fourth-order valence-corrected chi connectivity index (χ4v) is 2.28. The number of rotatable bonds is 5. The molecule has 0 aliphatic carbocycles. The van der Waals surface area contributed by atoms with Gasteiger partial charge in [-0.1, -0.05) is 39.7 Å². The second-order valence-electron chi connectivity index (χ2n) is 5.35. The van der Waals surface area contributed by atoms with Crippen molar-refractivity contribution < 1.29 is 9.53 Å². The fourth-order valence-electron chi connectivity index (χ4n) is 2.03. The third kappa shape index (κ3) is 5.21. The molecule has 0 saturated carbocycles. The van der Waals surface area contributed by atoms with Crippen LogP contribution in [0.1, 0.15) is 22.3 Å². The summed E-state index contributed by atoms with van der Waals surface area (Å²) < 4.78 is 6.45. The minimum Gasteiger partial charge on any atom is -0.484 e. The van der Waals surface area contributed by atoms with E-state index in [1.165, 1.54) is 5.56 Å². The third-order valence-corrected chi connectivity index (χ3v) is 4.21. The summed E-state index contributed by atoms with van der Waals surface area (Å²) in [5, 5.41) is 3.96. The van der Waals surface area contributed by atoms with Crippen molar-refractivity contribution in [3.63, 3.8) is 0 Å². The number of carbonyl (C=O) groups excluding carboxylic acids is 1. The standard InChI is InChI=1S/C18H19BrN2O2/c1-12-4-5-15(13(2)8-12)10-20-21-18(22)11-23-16-6-7-17(19)14(3)9-16/h4-10H,11H2,1-3H3,(H,21,22). The first kappa shape index (κ1) is 17.2. The number of amides is 1. The maximum Gasteiger partial charge on any atom is 0.277 e. The van der Waals surface area contributed by atoms with Crippen LogP contribution in [0.2, 0.25) is 0 Å². The van der Waals surface area contributed by atoms with Crippen LogP contribution in [-0.4, -0.2) is 18.7 Å². The van der Waals surface area contributed by atoms with Gasteiger partial charge in [-0.3, -0.25) is 4.79 Å². The summed E-state index contributed by atoms with van der Waals surface area (Å²) in [6.45, 7) is 5.93. The molecule has 0 radical (unpaired) electrons. The molecular weight excluding hydrogens is 356 g/mol. The Bertz CT molecular complexity index is 742. The normalized spacial score (nSPS) is 10.8. The van der Waals surface area contributed by atoms with E-state index in [0.29, 0.717) is 5.75 Å². The molecule has 0 unspecified atom stereocenters. The lowest BCUT2D eigenvalue weighted by Gasteiger charge is -2.07. The van der Waals surface area contributed by atoms with Crippen LogP contribution in [-0.2, 0) is 4.79 Å². The monoisotopic (exact) mass is 374 g/mol. The number of carbonyl (C=O) groups is 1. The molecule has 0 fully saturated rings. The van der Waals surface area contributed by atoms with Gasteiger partial charge >= 0.3 is 0 Å². The van der Waals surface area contributed by atoms with Gasteiger partial charge in [-0.15, -0.1) is 0 Å². The number of aryl methyl sites for hydroxylation is 3. The molecule has 2 aromatic rings. The van der Waals surface area contributed by atoms with E-state index in [4.69, 9.17) is 4.74 Å². The smallest absolute Gasteiger partial charge is 0.277 e. The highest BCUT2D eigenvalue weighted by Gasteiger charge is 2.03. The maximum absolute atomic E-state index is 11.7. The van der Waals surface area contributed by atoms with Crippen LogP contribution in [0, 0.1) is 20.8 Å². The van der Waals surface area contributed by atoms with Crippen LogP contribution in [0.25, 0.3) is 0 Å². The lowest BCUT2D eigenvalue weighted by atomic mass is 10.1. The molecule has 23 heavy (non-hydrogen) atoms. The Morgan fingerprint density at radius 3 is 2.65 bits per heavy atom. The average molecular weight is 375 g/mol. The van der Waals surface area contributed by atoms with Crippen LogP contribution in [0.4, 0.5) is 0 Å². The zero-order chi connectivity index (χ0) is 16.8. The van der Waals surface area contributed by atoms with Gasteiger partial charge in [0.25, 0.3) is 5.91 Å². The summed E-state index contributed by atoms with van der Waals surface area (Å²) >= 11 is 3.42. The number of benzene rings is 2. The van der Waals surface area contributed by atoms with Crippen molar-refractivity contribution in [3.05, 3.63) is 63.1 Å². The maximum atomic E-state index is 11.7. The number of nitrogens with zero attached hydrogens (tertiary/aromatic N) is 1. The molecule has 5 heteroatoms. The van der Waals surface area contributed by atoms with Gasteiger partial charge in [-0.05, 0) is 55.7 Å². The van der Waals surface area contributed by atoms with E-state index < -0.39 is 0 Å². The highest BCUT2D eigenvalue weighted by Crippen LogP contribution is 2.21. The molecule has 0 heterocycles. The highest BCUT2D eigenvalue weighted by molar-refractivity contribution is 9.10. The largest absolute Gasteiger partial charge is 0.484 e. The molecule has 0 aliphatic rings. The number of hydrogen-bond acceptors (Lipinski definition) is 3. The van der Waals surface area contributed by atoms with Crippen LogP contribution < -0.4 is 10.2 Å². The zero-order valence-corrected chi connectivity index (χ0v) is 15.0. The summed E-state index contributed by atoms with van der Waals surface area (Å²) in [5.41, 5.74) is 6.80. The molecule has 0 saturated heterocycles. The summed E-state index contributed by atoms with van der Waals surface area (Å²) in [6.07, 6.45) is 1.64. The number of ether oxygens (including phenoxy) is 1. The number of halogens is 1. The van der Waals surface area contributed by atoms with E-state index in [9.17, 15) is 4.79 Å². The van der Waals surface area contributed by atoms with Crippen LogP contribution in [0.15, 0.2) is 46.0 Å². The van der Waals surface area contributed by atoms with Crippen molar-refractivity contribution in [1.82, 2.24) is 5.43 Å². The van der Waals surface area contributed by atoms with E-state index in [2.05, 4.69) is 32.5 Å². The lowest BCUT2D eigenvalue weighted by molar-refractivity contribution is -0.123. The molecule has 1 N–H and O–H groups in total. The second-order valence-corrected chi connectivity index (χ2v) is 6.21. The predicted molar refractivity (Wildman–Crippen MR) is 96.0 cm³/mol. The van der Waals surface area contributed by atoms with Crippen molar-refractivity contribution in [2.75, 3.05) is 6.61 Å². The Kier molecular flexibility index (Phi) is 5.93. The number of hydrogen-bond donors (Lipinski definition) is 1. The van der Waals surface area contributed by atoms with Crippen molar-refractivity contribution >= 4 is 28.1 Å². The van der Waals surface area contributed by atoms with Crippen molar-refractivity contribution in [3.8, 4) is 5.75 Å². The lowest BCUT2D eigenvalue weighted by Crippen LogP contribution is -2.24. The van der Waals surface area contributed by atoms with Crippen molar-refractivity contribution in [2.24, 2.45) is 5.10 Å². The zero-order valence-electron chi connectivity index (χ0n) is 13.4. The van der Waals surface area contributed by atoms with Gasteiger partial charge in [-0.25, -0.2) is 5.43 Å². The van der Waals surface area contributed by atoms with Gasteiger partial charge < -0.3 is 4.74 Å². The minimum atomic E-state index is -0.299. The van der Waals surface area contributed by atoms with Gasteiger partial charge in [0.2, 0.25) is 0 Å². The summed E-state index contributed by atoms with van der Waals surface area (Å²) in [7, 11) is 0. The molecule has 2 aromatic carbocycles. The molecule has 0 atom stereocenters. The average Bonchev–Trinajstić information content (AvgIpc) is 2.50. The summed E-state index contributed by atoms with van der Waals surface area (Å²) in [5.74, 6) is 0.353. The van der Waals surface area contributed by atoms with Gasteiger partial charge in [0.1, 0.15) is 5.75 Å². The van der Waals surface area contributed by atoms with Crippen molar-refractivity contribution in [2.45, 2.75) is 20.8 Å². The Balaban J connectivity index is 1.85. The van der Waals surface area contributed by atoms with Crippen molar-refractivity contribution in [1.29, 1.82) is 0 Å². The van der Waals surface area contributed by atoms with Crippen LogP contribution in [0.3, 0.4) is 0 Å². The fraction of sp³-hybridized carbons (Fsp3) is 0.222. The SMILES string of the molecule is Cc1ccc(C=NNC(=O)COc2ccc(Br)c(C)c2)c(C)c1. The molecule has 2 rings (SSSR count). The summed E-state index contributed by atoms with van der Waals surface area (Å²) in [6, 6.07) is 11.6. The number of hydrazone groups is 1. The van der Waals surface area contributed by atoms with Gasteiger partial charge in [0, 0.05) is 4.47 Å². The Morgan fingerprint density at radius 1 is 1.17 bits per heavy atom. The van der Waals surface area contributed by atoms with E-state index in [-0.39, 0.29) is 12.5 Å². The van der Waals surface area contributed by atoms with E-state index >= 15 is 0 Å². The first-order chi connectivity index (χ1) is 11.0. The third-order valence-electron chi connectivity index (χ3n) is 3.32. The Hall–Kier alpha value is -2.14. The van der Waals surface area contributed by atoms with Gasteiger partial charge in [-0.2, -0.15) is 5.10 Å². The first-order valence-corrected chi connectivity index (χ1v) is 8.03. The second kappa shape index (κ2) is 7.92. The van der Waals surface area contributed by atoms with Crippen LogP contribution in [0.5, 0.6) is 5.75 Å². The molecule has 0 spiro atoms. The molecule has 4 nitrogen and oxygen atoms in total. The summed E-state index contributed by atoms with van der Waals surface area (Å²) in [4.78, 5) is 11.7. The number of nitrogens with one attached hydrogen (secondary N) is 1. The van der Waals surface area contributed by atoms with E-state index in [0.717, 1.165) is 21.2 Å². The molecule has 120 valence electrons. The predicted octanol–water partition coefficient (Wildman–Crippen LogP) is 3.90. The quantitative estimate of drug-likeness (QED) is 0.637. The molecule has 0 bridgehead atoms.